The van der Waals surface area contributed by atoms with Crippen molar-refractivity contribution in [2.24, 2.45) is 87.3 Å². The Balaban J connectivity index is 1.41. The summed E-state index contributed by atoms with van der Waals surface area (Å²) in [4.78, 5) is 0. The molecular formula is C23H28. The third-order valence-electron chi connectivity index (χ3n) is 13.8. The van der Waals surface area contributed by atoms with Crippen molar-refractivity contribution >= 4 is 0 Å². The van der Waals surface area contributed by atoms with Crippen molar-refractivity contribution in [3.63, 3.8) is 0 Å². The molecule has 16 aliphatic rings. The first kappa shape index (κ1) is 10.9. The lowest BCUT2D eigenvalue weighted by Gasteiger charge is -3.02. The van der Waals surface area contributed by atoms with Gasteiger partial charge in [-0.2, -0.15) is 0 Å². The molecule has 0 heteroatoms. The van der Waals surface area contributed by atoms with Crippen molar-refractivity contribution in [2.45, 2.75) is 51.4 Å². The number of rotatable bonds is 0. The van der Waals surface area contributed by atoms with Crippen LogP contribution < -0.4 is 0 Å². The molecule has 8 atom stereocenters. The van der Waals surface area contributed by atoms with Crippen LogP contribution in [0.1, 0.15) is 51.4 Å². The van der Waals surface area contributed by atoms with Gasteiger partial charge in [0.25, 0.3) is 0 Å². The quantitative estimate of drug-likeness (QED) is 0.614. The van der Waals surface area contributed by atoms with Gasteiger partial charge in [0, 0.05) is 0 Å². The highest BCUT2D eigenvalue weighted by Gasteiger charge is 2.99. The van der Waals surface area contributed by atoms with Crippen LogP contribution in [-0.2, 0) is 0 Å². The summed E-state index contributed by atoms with van der Waals surface area (Å²) in [5, 5.41) is 0. The molecule has 0 saturated heterocycles. The van der Waals surface area contributed by atoms with Gasteiger partial charge in [0.2, 0.25) is 0 Å². The lowest BCUT2D eigenvalue weighted by molar-refractivity contribution is -0.554. The highest BCUT2D eigenvalue weighted by Crippen LogP contribution is 3.03. The molecule has 0 radical (unpaired) electrons. The van der Waals surface area contributed by atoms with E-state index < -0.39 is 0 Å². The van der Waals surface area contributed by atoms with Crippen LogP contribution >= 0.6 is 0 Å². The van der Waals surface area contributed by atoms with Crippen molar-refractivity contribution in [3.05, 3.63) is 0 Å². The molecule has 0 nitrogen and oxygen atoms in total. The predicted octanol–water partition coefficient (Wildman–Crippen LogP) is 4.60. The molecule has 0 amide bonds. The van der Waals surface area contributed by atoms with E-state index >= 15 is 0 Å². The summed E-state index contributed by atoms with van der Waals surface area (Å²) in [7, 11) is 0. The fourth-order valence-corrected chi connectivity index (χ4v) is 15.3. The summed E-state index contributed by atoms with van der Waals surface area (Å²) >= 11 is 0. The summed E-state index contributed by atoms with van der Waals surface area (Å²) in [6, 6.07) is 0. The molecule has 15 bridgehead atoms. The normalized spacial score (nSPS) is 89.7. The molecular weight excluding hydrogens is 276 g/mol. The number of hydrogen-bond donors (Lipinski definition) is 0. The minimum Gasteiger partial charge on any atom is -0.0470 e. The standard InChI is InChI=1S/C23H28/c1-10-2-13-11-6-18-22-15-3-9-4-16-14(15)8-21(7-10,19(22)12(1)11)20(13)23(16,18)17(22)5-9/h9-20H,1-8H2. The Morgan fingerprint density at radius 1 is 0.522 bits per heavy atom. The Morgan fingerprint density at radius 2 is 1.22 bits per heavy atom. The Morgan fingerprint density at radius 3 is 1.96 bits per heavy atom. The van der Waals surface area contributed by atoms with Gasteiger partial charge in [-0.05, 0) is 139 Å². The van der Waals surface area contributed by atoms with Gasteiger partial charge < -0.3 is 0 Å². The summed E-state index contributed by atoms with van der Waals surface area (Å²) in [5.41, 5.74) is 2.89. The Hall–Kier alpha value is 0. The van der Waals surface area contributed by atoms with E-state index in [4.69, 9.17) is 0 Å². The highest BCUT2D eigenvalue weighted by molar-refractivity contribution is 5.46. The van der Waals surface area contributed by atoms with Crippen LogP contribution in [0.4, 0.5) is 0 Å². The topological polar surface area (TPSA) is 0 Å². The van der Waals surface area contributed by atoms with Crippen molar-refractivity contribution in [3.8, 4) is 0 Å². The fraction of sp³-hybridized carbons (Fsp3) is 1.00. The molecule has 16 fully saturated rings. The first-order valence-corrected chi connectivity index (χ1v) is 11.3. The second-order valence-electron chi connectivity index (χ2n) is 12.7. The van der Waals surface area contributed by atoms with Crippen LogP contribution in [0.25, 0.3) is 0 Å². The molecule has 0 aromatic carbocycles. The molecule has 16 saturated carbocycles. The molecule has 3 spiro atoms. The van der Waals surface area contributed by atoms with Crippen LogP contribution in [0.5, 0.6) is 0 Å². The SMILES string of the molecule is C1C2CC3C4CC5C67C8CC9CC%10C8CC(C2)(C6C14)C3C%105C7C9. The molecule has 0 N–H and O–H groups in total. The maximum Gasteiger partial charge on any atom is -0.0162 e. The van der Waals surface area contributed by atoms with Crippen molar-refractivity contribution < 1.29 is 0 Å². The van der Waals surface area contributed by atoms with Gasteiger partial charge in [-0.25, -0.2) is 0 Å². The second kappa shape index (κ2) is 2.52. The van der Waals surface area contributed by atoms with Gasteiger partial charge in [0.15, 0.2) is 0 Å². The maximum atomic E-state index is 1.77. The largest absolute Gasteiger partial charge is 0.0470 e. The molecule has 16 aliphatic carbocycles. The second-order valence-corrected chi connectivity index (χ2v) is 12.7. The van der Waals surface area contributed by atoms with Crippen LogP contribution in [0.15, 0.2) is 0 Å². The van der Waals surface area contributed by atoms with E-state index in [0.717, 1.165) is 16.2 Å². The molecule has 8 unspecified atom stereocenters. The van der Waals surface area contributed by atoms with Crippen LogP contribution in [0.3, 0.4) is 0 Å². The smallest absolute Gasteiger partial charge is 0.0162 e. The van der Waals surface area contributed by atoms with E-state index in [-0.39, 0.29) is 0 Å². The molecule has 0 aromatic rings. The van der Waals surface area contributed by atoms with Gasteiger partial charge in [-0.3, -0.25) is 0 Å². The Bertz CT molecular complexity index is 678. The molecule has 120 valence electrons. The van der Waals surface area contributed by atoms with Gasteiger partial charge in [-0.1, -0.05) is 0 Å². The molecule has 16 rings (SSSR count). The average Bonchev–Trinajstić information content (AvgIpc) is 2.55. The Kier molecular flexibility index (Phi) is 1.19. The van der Waals surface area contributed by atoms with Crippen LogP contribution in [0.2, 0.25) is 0 Å². The molecule has 23 heavy (non-hydrogen) atoms. The van der Waals surface area contributed by atoms with E-state index in [1.807, 2.05) is 0 Å². The summed E-state index contributed by atoms with van der Waals surface area (Å²) in [6.07, 6.45) is 13.8. The summed E-state index contributed by atoms with van der Waals surface area (Å²) in [5.74, 6) is 15.0. The lowest BCUT2D eigenvalue weighted by atomic mass is 9.02. The molecule has 0 heterocycles. The number of hydrogen-bond acceptors (Lipinski definition) is 0. The Labute approximate surface area is 139 Å². The third-order valence-corrected chi connectivity index (χ3v) is 13.8. The van der Waals surface area contributed by atoms with Gasteiger partial charge in [0.05, 0.1) is 0 Å². The molecule has 0 aromatic heterocycles. The van der Waals surface area contributed by atoms with E-state index in [0.29, 0.717) is 0 Å². The fourth-order valence-electron chi connectivity index (χ4n) is 15.3. The van der Waals surface area contributed by atoms with Crippen LogP contribution in [0, 0.1) is 87.3 Å². The summed E-state index contributed by atoms with van der Waals surface area (Å²) in [6.45, 7) is 0. The van der Waals surface area contributed by atoms with Crippen molar-refractivity contribution in [1.82, 2.24) is 0 Å². The first-order valence-electron chi connectivity index (χ1n) is 11.3. The third kappa shape index (κ3) is 0.632. The monoisotopic (exact) mass is 304 g/mol. The summed E-state index contributed by atoms with van der Waals surface area (Å²) < 4.78 is 0. The van der Waals surface area contributed by atoms with E-state index in [9.17, 15) is 0 Å². The van der Waals surface area contributed by atoms with Gasteiger partial charge in [0.1, 0.15) is 0 Å². The van der Waals surface area contributed by atoms with E-state index in [1.165, 1.54) is 71.0 Å². The van der Waals surface area contributed by atoms with E-state index in [2.05, 4.69) is 0 Å². The average molecular weight is 304 g/mol. The lowest BCUT2D eigenvalue weighted by Crippen LogP contribution is -2.98. The van der Waals surface area contributed by atoms with Crippen molar-refractivity contribution in [1.29, 1.82) is 0 Å². The van der Waals surface area contributed by atoms with Gasteiger partial charge in [-0.15, -0.1) is 0 Å². The highest BCUT2D eigenvalue weighted by atomic mass is 15.0. The zero-order valence-corrected chi connectivity index (χ0v) is 14.1. The van der Waals surface area contributed by atoms with Crippen LogP contribution in [-0.4, -0.2) is 0 Å². The predicted molar refractivity (Wildman–Crippen MR) is 86.1 cm³/mol. The zero-order valence-electron chi connectivity index (χ0n) is 14.1. The minimum absolute atomic E-state index is 0.947. The van der Waals surface area contributed by atoms with Crippen molar-refractivity contribution in [2.75, 3.05) is 0 Å². The van der Waals surface area contributed by atoms with E-state index in [1.54, 1.807) is 51.4 Å². The van der Waals surface area contributed by atoms with Gasteiger partial charge >= 0.3 is 0 Å². The molecule has 0 aliphatic heterocycles. The maximum absolute atomic E-state index is 1.77. The minimum atomic E-state index is 0.947. The first-order chi connectivity index (χ1) is 11.3. The zero-order chi connectivity index (χ0) is 14.1.